The van der Waals surface area contributed by atoms with Crippen LogP contribution in [0.15, 0.2) is 30.3 Å². The molecule has 0 fully saturated rings. The quantitative estimate of drug-likeness (QED) is 0.531. The highest BCUT2D eigenvalue weighted by Crippen LogP contribution is 2.09. The molecular weight excluding hydrogens is 182 g/mol. The van der Waals surface area contributed by atoms with E-state index in [1.165, 1.54) is 0 Å². The van der Waals surface area contributed by atoms with Crippen LogP contribution >= 0.6 is 11.9 Å². The van der Waals surface area contributed by atoms with Crippen molar-refractivity contribution in [2.45, 2.75) is 0 Å². The Kier molecular flexibility index (Phi) is 4.72. The molecule has 0 aliphatic rings. The summed E-state index contributed by atoms with van der Waals surface area (Å²) in [6.07, 6.45) is 0. The predicted octanol–water partition coefficient (Wildman–Crippen LogP) is 2.28. The third-order valence-electron chi connectivity index (χ3n) is 1.44. The van der Waals surface area contributed by atoms with E-state index in [4.69, 9.17) is 4.74 Å². The van der Waals surface area contributed by atoms with Crippen LogP contribution in [0.1, 0.15) is 0 Å². The number of benzene rings is 1. The molecule has 2 nitrogen and oxygen atoms in total. The van der Waals surface area contributed by atoms with Crippen molar-refractivity contribution in [3.63, 3.8) is 0 Å². The molecule has 0 aliphatic heterocycles. The molecule has 0 N–H and O–H groups in total. The molecule has 0 heterocycles. The van der Waals surface area contributed by atoms with Crippen LogP contribution in [-0.2, 0) is 0 Å². The average molecular weight is 197 g/mol. The van der Waals surface area contributed by atoms with Crippen molar-refractivity contribution in [1.29, 1.82) is 0 Å². The Morgan fingerprint density at radius 1 is 1.23 bits per heavy atom. The Labute approximate surface area is 84.0 Å². The lowest BCUT2D eigenvalue weighted by atomic mass is 10.3. The number of ether oxygens (including phenoxy) is 1. The van der Waals surface area contributed by atoms with Crippen molar-refractivity contribution in [2.75, 3.05) is 26.5 Å². The lowest BCUT2D eigenvalue weighted by Crippen LogP contribution is -2.06. The molecule has 0 aliphatic carbocycles. The summed E-state index contributed by atoms with van der Waals surface area (Å²) in [5.74, 6) is 1.93. The first kappa shape index (κ1) is 10.4. The summed E-state index contributed by atoms with van der Waals surface area (Å²) in [6, 6.07) is 9.89. The van der Waals surface area contributed by atoms with E-state index >= 15 is 0 Å². The molecular formula is C10H15NOS. The Bertz CT molecular complexity index is 226. The number of rotatable bonds is 5. The van der Waals surface area contributed by atoms with E-state index < -0.39 is 0 Å². The number of hydrogen-bond acceptors (Lipinski definition) is 3. The molecule has 0 unspecified atom stereocenters. The van der Waals surface area contributed by atoms with E-state index in [1.54, 1.807) is 11.9 Å². The molecule has 0 spiro atoms. The van der Waals surface area contributed by atoms with E-state index in [2.05, 4.69) is 4.31 Å². The van der Waals surface area contributed by atoms with E-state index in [9.17, 15) is 0 Å². The SMILES string of the molecule is CN(C)SCCOc1ccccc1. The minimum Gasteiger partial charge on any atom is -0.493 e. The molecule has 0 saturated heterocycles. The van der Waals surface area contributed by atoms with Crippen molar-refractivity contribution in [1.82, 2.24) is 4.31 Å². The molecule has 1 rings (SSSR count). The van der Waals surface area contributed by atoms with Gasteiger partial charge in [-0.1, -0.05) is 30.1 Å². The zero-order chi connectivity index (χ0) is 9.52. The van der Waals surface area contributed by atoms with Crippen molar-refractivity contribution in [2.24, 2.45) is 0 Å². The van der Waals surface area contributed by atoms with Crippen LogP contribution in [0.4, 0.5) is 0 Å². The summed E-state index contributed by atoms with van der Waals surface area (Å²) in [7, 11) is 4.07. The van der Waals surface area contributed by atoms with E-state index in [0.29, 0.717) is 0 Å². The Morgan fingerprint density at radius 2 is 1.92 bits per heavy atom. The minimum atomic E-state index is 0.757. The van der Waals surface area contributed by atoms with Gasteiger partial charge in [0.25, 0.3) is 0 Å². The predicted molar refractivity (Wildman–Crippen MR) is 58.1 cm³/mol. The summed E-state index contributed by atoms with van der Waals surface area (Å²) in [5, 5.41) is 0. The van der Waals surface area contributed by atoms with Gasteiger partial charge in [-0.25, -0.2) is 0 Å². The monoisotopic (exact) mass is 197 g/mol. The van der Waals surface area contributed by atoms with Crippen molar-refractivity contribution < 1.29 is 4.74 Å². The standard InChI is InChI=1S/C10H15NOS/c1-11(2)13-9-8-12-10-6-4-3-5-7-10/h3-7H,8-9H2,1-2H3. The first-order chi connectivity index (χ1) is 6.29. The van der Waals surface area contributed by atoms with Crippen LogP contribution in [0.25, 0.3) is 0 Å². The third-order valence-corrected chi connectivity index (χ3v) is 2.31. The normalized spacial score (nSPS) is 10.4. The van der Waals surface area contributed by atoms with Gasteiger partial charge in [0.1, 0.15) is 5.75 Å². The summed E-state index contributed by atoms with van der Waals surface area (Å²) in [5.41, 5.74) is 0. The molecule has 0 amide bonds. The maximum atomic E-state index is 5.51. The van der Waals surface area contributed by atoms with Crippen molar-refractivity contribution in [3.05, 3.63) is 30.3 Å². The molecule has 13 heavy (non-hydrogen) atoms. The van der Waals surface area contributed by atoms with Crippen molar-refractivity contribution in [3.8, 4) is 5.75 Å². The van der Waals surface area contributed by atoms with Crippen LogP contribution < -0.4 is 4.74 Å². The molecule has 0 atom stereocenters. The van der Waals surface area contributed by atoms with Gasteiger partial charge in [-0.05, 0) is 26.2 Å². The Balaban J connectivity index is 2.13. The zero-order valence-electron chi connectivity index (χ0n) is 8.06. The highest BCUT2D eigenvalue weighted by atomic mass is 32.2. The van der Waals surface area contributed by atoms with E-state index in [1.807, 2.05) is 44.4 Å². The third kappa shape index (κ3) is 4.80. The van der Waals surface area contributed by atoms with Gasteiger partial charge in [0, 0.05) is 5.75 Å². The minimum absolute atomic E-state index is 0.757. The van der Waals surface area contributed by atoms with Gasteiger partial charge < -0.3 is 4.74 Å². The zero-order valence-corrected chi connectivity index (χ0v) is 8.88. The number of para-hydroxylation sites is 1. The van der Waals surface area contributed by atoms with Crippen LogP contribution in [0.5, 0.6) is 5.75 Å². The lowest BCUT2D eigenvalue weighted by Gasteiger charge is -2.09. The summed E-state index contributed by atoms with van der Waals surface area (Å²) >= 11 is 1.76. The van der Waals surface area contributed by atoms with Gasteiger partial charge in [0.15, 0.2) is 0 Å². The maximum Gasteiger partial charge on any atom is 0.119 e. The fourth-order valence-electron chi connectivity index (χ4n) is 0.896. The molecule has 0 bridgehead atoms. The fourth-order valence-corrected chi connectivity index (χ4v) is 1.42. The van der Waals surface area contributed by atoms with Gasteiger partial charge in [-0.3, -0.25) is 4.31 Å². The second-order valence-electron chi connectivity index (χ2n) is 2.81. The molecule has 1 aromatic carbocycles. The summed E-state index contributed by atoms with van der Waals surface area (Å²) in [6.45, 7) is 0.757. The second kappa shape index (κ2) is 5.89. The highest BCUT2D eigenvalue weighted by molar-refractivity contribution is 7.96. The van der Waals surface area contributed by atoms with Gasteiger partial charge in [-0.2, -0.15) is 0 Å². The Hall–Kier alpha value is -0.670. The summed E-state index contributed by atoms with van der Waals surface area (Å²) < 4.78 is 7.59. The number of nitrogens with zero attached hydrogens (tertiary/aromatic N) is 1. The highest BCUT2D eigenvalue weighted by Gasteiger charge is 1.93. The van der Waals surface area contributed by atoms with E-state index in [0.717, 1.165) is 18.1 Å². The summed E-state index contributed by atoms with van der Waals surface area (Å²) in [4.78, 5) is 0. The molecule has 0 saturated carbocycles. The number of hydrogen-bond donors (Lipinski definition) is 0. The maximum absolute atomic E-state index is 5.51. The molecule has 0 radical (unpaired) electrons. The average Bonchev–Trinajstić information content (AvgIpc) is 2.14. The molecule has 72 valence electrons. The van der Waals surface area contributed by atoms with Gasteiger partial charge in [-0.15, -0.1) is 0 Å². The second-order valence-corrected chi connectivity index (χ2v) is 4.20. The van der Waals surface area contributed by atoms with Gasteiger partial charge in [0.2, 0.25) is 0 Å². The first-order valence-corrected chi connectivity index (χ1v) is 5.21. The fraction of sp³-hybridized carbons (Fsp3) is 0.400. The van der Waals surface area contributed by atoms with Gasteiger partial charge in [0.05, 0.1) is 6.61 Å². The van der Waals surface area contributed by atoms with E-state index in [-0.39, 0.29) is 0 Å². The van der Waals surface area contributed by atoms with Crippen LogP contribution in [0, 0.1) is 0 Å². The topological polar surface area (TPSA) is 12.5 Å². The smallest absolute Gasteiger partial charge is 0.119 e. The van der Waals surface area contributed by atoms with Crippen LogP contribution in [0.3, 0.4) is 0 Å². The largest absolute Gasteiger partial charge is 0.493 e. The molecule has 3 heteroatoms. The molecule has 0 aromatic heterocycles. The first-order valence-electron chi connectivity index (χ1n) is 4.27. The lowest BCUT2D eigenvalue weighted by molar-refractivity contribution is 0.343. The van der Waals surface area contributed by atoms with Crippen molar-refractivity contribution >= 4 is 11.9 Å². The van der Waals surface area contributed by atoms with Crippen LogP contribution in [0.2, 0.25) is 0 Å². The van der Waals surface area contributed by atoms with Gasteiger partial charge >= 0.3 is 0 Å². The van der Waals surface area contributed by atoms with Crippen LogP contribution in [-0.4, -0.2) is 30.8 Å². The molecule has 1 aromatic rings. The Morgan fingerprint density at radius 3 is 2.54 bits per heavy atom.